The number of furan rings is 1. The van der Waals surface area contributed by atoms with Crippen LogP contribution >= 0.6 is 11.6 Å². The number of benzene rings is 1. The number of Topliss-reactive ketones (excluding diaryl/α,β-unsaturated/α-hetero) is 1. The van der Waals surface area contributed by atoms with Crippen molar-refractivity contribution in [1.82, 2.24) is 14.8 Å². The van der Waals surface area contributed by atoms with Crippen LogP contribution in [0.1, 0.15) is 36.1 Å². The third-order valence-corrected chi connectivity index (χ3v) is 5.23. The quantitative estimate of drug-likeness (QED) is 0.743. The summed E-state index contributed by atoms with van der Waals surface area (Å²) in [4.78, 5) is 17.4. The Labute approximate surface area is 154 Å². The molecule has 1 aliphatic heterocycles. The summed E-state index contributed by atoms with van der Waals surface area (Å²) in [5, 5.41) is 8.26. The van der Waals surface area contributed by atoms with E-state index in [1.54, 1.807) is 10.9 Å². The highest BCUT2D eigenvalue weighted by Crippen LogP contribution is 2.44. The van der Waals surface area contributed by atoms with Crippen LogP contribution in [-0.2, 0) is 4.79 Å². The van der Waals surface area contributed by atoms with E-state index in [9.17, 15) is 4.79 Å². The van der Waals surface area contributed by atoms with Gasteiger partial charge >= 0.3 is 0 Å². The number of allylic oxidation sites excluding steroid dienone is 2. The van der Waals surface area contributed by atoms with Crippen molar-refractivity contribution in [1.29, 1.82) is 0 Å². The molecule has 2 aromatic heterocycles. The van der Waals surface area contributed by atoms with E-state index in [1.165, 1.54) is 6.33 Å². The molecule has 0 spiro atoms. The molecule has 0 saturated carbocycles. The van der Waals surface area contributed by atoms with Crippen molar-refractivity contribution < 1.29 is 9.21 Å². The number of carbonyl (C=O) groups excluding carboxylic acids is 1. The molecule has 1 N–H and O–H groups in total. The van der Waals surface area contributed by atoms with Crippen molar-refractivity contribution in [2.24, 2.45) is 0 Å². The number of hydrogen-bond donors (Lipinski definition) is 1. The molecule has 6 nitrogen and oxygen atoms in total. The fourth-order valence-corrected chi connectivity index (χ4v) is 4.06. The van der Waals surface area contributed by atoms with Crippen LogP contribution in [-0.4, -0.2) is 20.5 Å². The van der Waals surface area contributed by atoms with Gasteiger partial charge in [-0.1, -0.05) is 23.7 Å². The van der Waals surface area contributed by atoms with E-state index in [1.807, 2.05) is 36.4 Å². The van der Waals surface area contributed by atoms with Crippen molar-refractivity contribution in [3.05, 3.63) is 76.6 Å². The minimum atomic E-state index is -0.383. The largest absolute Gasteiger partial charge is 0.467 e. The van der Waals surface area contributed by atoms with Crippen molar-refractivity contribution in [3.63, 3.8) is 0 Å². The minimum absolute atomic E-state index is 0.0826. The Hall–Kier alpha value is -2.86. The Morgan fingerprint density at radius 2 is 2.15 bits per heavy atom. The van der Waals surface area contributed by atoms with Crippen molar-refractivity contribution in [2.75, 3.05) is 5.32 Å². The van der Waals surface area contributed by atoms with Gasteiger partial charge in [0.1, 0.15) is 18.1 Å². The fourth-order valence-electron chi connectivity index (χ4n) is 3.86. The number of fused-ring (bicyclic) bond motifs is 1. The summed E-state index contributed by atoms with van der Waals surface area (Å²) in [5.41, 5.74) is 2.66. The van der Waals surface area contributed by atoms with E-state index in [-0.39, 0.29) is 17.7 Å². The molecule has 2 aliphatic rings. The Bertz CT molecular complexity index is 1020. The Morgan fingerprint density at radius 3 is 2.96 bits per heavy atom. The standard InChI is InChI=1S/C19H15ClN4O2/c20-13-4-1-3-11(7-13)12-8-14-17(15(25)9-12)18(16-5-2-6-26-16)24-19(23-14)21-10-22-24/h1-7,10,12,18H,8-9H2,(H,21,22,23)/t12-,18-/m0/s1. The van der Waals surface area contributed by atoms with Crippen LogP contribution in [0.3, 0.4) is 0 Å². The third kappa shape index (κ3) is 2.37. The van der Waals surface area contributed by atoms with Gasteiger partial charge in [0.2, 0.25) is 5.95 Å². The fraction of sp³-hybridized carbons (Fsp3) is 0.211. The predicted octanol–water partition coefficient (Wildman–Crippen LogP) is 3.94. The van der Waals surface area contributed by atoms with Crippen LogP contribution in [0.25, 0.3) is 0 Å². The van der Waals surface area contributed by atoms with Gasteiger partial charge in [0, 0.05) is 22.7 Å². The number of aromatic nitrogens is 3. The molecule has 0 bridgehead atoms. The van der Waals surface area contributed by atoms with Crippen LogP contribution in [0.15, 0.2) is 64.7 Å². The Balaban J connectivity index is 1.59. The van der Waals surface area contributed by atoms with Crippen molar-refractivity contribution in [3.8, 4) is 0 Å². The maximum absolute atomic E-state index is 13.1. The summed E-state index contributed by atoms with van der Waals surface area (Å²) in [6.45, 7) is 0. The molecule has 1 aliphatic carbocycles. The number of ketones is 1. The topological polar surface area (TPSA) is 73.0 Å². The maximum Gasteiger partial charge on any atom is 0.226 e. The molecule has 0 fully saturated rings. The second-order valence-corrected chi connectivity index (χ2v) is 6.98. The molecule has 26 heavy (non-hydrogen) atoms. The summed E-state index contributed by atoms with van der Waals surface area (Å²) in [6, 6.07) is 11.0. The smallest absolute Gasteiger partial charge is 0.226 e. The Kier molecular flexibility index (Phi) is 3.46. The van der Waals surface area contributed by atoms with Gasteiger partial charge in [-0.3, -0.25) is 4.79 Å². The van der Waals surface area contributed by atoms with Crippen LogP contribution < -0.4 is 5.32 Å². The third-order valence-electron chi connectivity index (χ3n) is 4.99. The van der Waals surface area contributed by atoms with E-state index < -0.39 is 0 Å². The molecular weight excluding hydrogens is 352 g/mol. The van der Waals surface area contributed by atoms with Gasteiger partial charge in [-0.15, -0.1) is 0 Å². The number of carbonyl (C=O) groups is 1. The van der Waals surface area contributed by atoms with Crippen LogP contribution in [0.5, 0.6) is 0 Å². The lowest BCUT2D eigenvalue weighted by atomic mass is 9.79. The van der Waals surface area contributed by atoms with Gasteiger partial charge in [-0.25, -0.2) is 4.68 Å². The molecule has 5 rings (SSSR count). The monoisotopic (exact) mass is 366 g/mol. The maximum atomic E-state index is 13.1. The molecule has 0 radical (unpaired) electrons. The molecule has 1 aromatic carbocycles. The molecule has 130 valence electrons. The second kappa shape index (κ2) is 5.85. The molecule has 0 saturated heterocycles. The molecule has 0 amide bonds. The lowest BCUT2D eigenvalue weighted by molar-refractivity contribution is -0.116. The summed E-state index contributed by atoms with van der Waals surface area (Å²) in [7, 11) is 0. The van der Waals surface area contributed by atoms with Crippen molar-refractivity contribution in [2.45, 2.75) is 24.8 Å². The number of anilines is 1. The summed E-state index contributed by atoms with van der Waals surface area (Å²) in [6.07, 6.45) is 4.24. The van der Waals surface area contributed by atoms with Crippen LogP contribution in [0, 0.1) is 0 Å². The molecule has 3 heterocycles. The normalized spacial score (nSPS) is 22.0. The number of halogens is 1. The van der Waals surface area contributed by atoms with Gasteiger partial charge in [-0.05, 0) is 42.2 Å². The van der Waals surface area contributed by atoms with E-state index in [2.05, 4.69) is 15.4 Å². The number of hydrogen-bond acceptors (Lipinski definition) is 5. The van der Waals surface area contributed by atoms with E-state index in [0.29, 0.717) is 35.1 Å². The van der Waals surface area contributed by atoms with Crippen LogP contribution in [0.2, 0.25) is 5.02 Å². The second-order valence-electron chi connectivity index (χ2n) is 6.55. The lowest BCUT2D eigenvalue weighted by Crippen LogP contribution is -2.33. The zero-order chi connectivity index (χ0) is 17.7. The predicted molar refractivity (Wildman–Crippen MR) is 96.0 cm³/mol. The minimum Gasteiger partial charge on any atom is -0.467 e. The number of nitrogens with zero attached hydrogens (tertiary/aromatic N) is 3. The highest BCUT2D eigenvalue weighted by atomic mass is 35.5. The van der Waals surface area contributed by atoms with E-state index in [4.69, 9.17) is 16.0 Å². The average Bonchev–Trinajstić information content (AvgIpc) is 3.31. The van der Waals surface area contributed by atoms with Crippen molar-refractivity contribution >= 4 is 23.3 Å². The summed E-state index contributed by atoms with van der Waals surface area (Å²) < 4.78 is 7.31. The molecule has 0 unspecified atom stereocenters. The molecular formula is C19H15ClN4O2. The highest BCUT2D eigenvalue weighted by molar-refractivity contribution is 6.30. The van der Waals surface area contributed by atoms with Gasteiger partial charge in [-0.2, -0.15) is 10.1 Å². The molecule has 2 atom stereocenters. The molecule has 7 heteroatoms. The van der Waals surface area contributed by atoms with E-state index in [0.717, 1.165) is 11.3 Å². The lowest BCUT2D eigenvalue weighted by Gasteiger charge is -2.34. The van der Waals surface area contributed by atoms with Gasteiger partial charge in [0.05, 0.1) is 6.26 Å². The molecule has 3 aromatic rings. The first-order valence-electron chi connectivity index (χ1n) is 8.42. The summed E-state index contributed by atoms with van der Waals surface area (Å²) in [5.74, 6) is 1.47. The first-order chi connectivity index (χ1) is 12.7. The summed E-state index contributed by atoms with van der Waals surface area (Å²) >= 11 is 6.13. The van der Waals surface area contributed by atoms with E-state index >= 15 is 0 Å². The van der Waals surface area contributed by atoms with Gasteiger partial charge in [0.15, 0.2) is 5.78 Å². The Morgan fingerprint density at radius 1 is 1.23 bits per heavy atom. The number of nitrogens with one attached hydrogen (secondary N) is 1. The van der Waals surface area contributed by atoms with Crippen LogP contribution in [0.4, 0.5) is 5.95 Å². The first kappa shape index (κ1) is 15.4. The number of rotatable bonds is 2. The van der Waals surface area contributed by atoms with Gasteiger partial charge < -0.3 is 9.73 Å². The van der Waals surface area contributed by atoms with Gasteiger partial charge in [0.25, 0.3) is 0 Å². The zero-order valence-corrected chi connectivity index (χ0v) is 14.5. The SMILES string of the molecule is O=C1C[C@@H](c2cccc(Cl)c2)CC2=C1[C@H](c1ccco1)n1ncnc1N2. The average molecular weight is 367 g/mol. The zero-order valence-electron chi connectivity index (χ0n) is 13.7. The highest BCUT2D eigenvalue weighted by Gasteiger charge is 2.40. The first-order valence-corrected chi connectivity index (χ1v) is 8.80.